The van der Waals surface area contributed by atoms with E-state index < -0.39 is 12.1 Å². The van der Waals surface area contributed by atoms with E-state index in [9.17, 15) is 8.78 Å². The molecular weight excluding hydrogens is 305 g/mol. The minimum absolute atomic E-state index is 0.116. The highest BCUT2D eigenvalue weighted by molar-refractivity contribution is 14.1. The van der Waals surface area contributed by atoms with Crippen LogP contribution in [0.2, 0.25) is 0 Å². The highest BCUT2D eigenvalue weighted by atomic mass is 127. The third-order valence-corrected chi connectivity index (χ3v) is 2.28. The molecule has 1 heterocycles. The first-order valence-corrected chi connectivity index (χ1v) is 4.60. The molecule has 6 heteroatoms. The first-order chi connectivity index (χ1) is 6.60. The van der Waals surface area contributed by atoms with Crippen molar-refractivity contribution < 1.29 is 13.5 Å². The second-order valence-corrected chi connectivity index (χ2v) is 3.49. The van der Waals surface area contributed by atoms with E-state index in [-0.39, 0.29) is 11.4 Å². The van der Waals surface area contributed by atoms with Crippen molar-refractivity contribution in [1.29, 1.82) is 5.26 Å². The predicted octanol–water partition coefficient (Wildman–Crippen LogP) is 2.50. The Morgan fingerprint density at radius 3 is 2.71 bits per heavy atom. The molecule has 0 saturated heterocycles. The lowest BCUT2D eigenvalue weighted by Gasteiger charge is -2.06. The second-order valence-electron chi connectivity index (χ2n) is 2.32. The van der Waals surface area contributed by atoms with E-state index >= 15 is 0 Å². The maximum atomic E-state index is 12.3. The highest BCUT2D eigenvalue weighted by Crippen LogP contribution is 2.28. The topological polar surface area (TPSA) is 45.9 Å². The standard InChI is InChI=1S/C8H5F2IN2O/c1-14-7-4(11)2-5(8(9)10)13-6(7)3-12/h2,8H,1H3. The summed E-state index contributed by atoms with van der Waals surface area (Å²) in [7, 11) is 1.36. The number of nitriles is 1. The molecule has 0 saturated carbocycles. The number of aromatic nitrogens is 1. The third kappa shape index (κ3) is 2.09. The monoisotopic (exact) mass is 310 g/mol. The zero-order valence-corrected chi connectivity index (χ0v) is 9.25. The molecule has 0 bridgehead atoms. The molecule has 0 aliphatic carbocycles. The van der Waals surface area contributed by atoms with Crippen LogP contribution in [0.15, 0.2) is 6.07 Å². The Morgan fingerprint density at radius 1 is 1.64 bits per heavy atom. The Hall–Kier alpha value is -0.970. The van der Waals surface area contributed by atoms with Crippen molar-refractivity contribution in [2.45, 2.75) is 6.43 Å². The van der Waals surface area contributed by atoms with Gasteiger partial charge in [0.2, 0.25) is 0 Å². The average molecular weight is 310 g/mol. The van der Waals surface area contributed by atoms with Crippen molar-refractivity contribution in [3.8, 4) is 11.8 Å². The highest BCUT2D eigenvalue weighted by Gasteiger charge is 2.16. The zero-order chi connectivity index (χ0) is 10.7. The third-order valence-electron chi connectivity index (χ3n) is 1.48. The lowest BCUT2D eigenvalue weighted by molar-refractivity contribution is 0.145. The molecule has 0 amide bonds. The average Bonchev–Trinajstić information content (AvgIpc) is 2.16. The minimum Gasteiger partial charge on any atom is -0.493 e. The summed E-state index contributed by atoms with van der Waals surface area (Å²) in [5.41, 5.74) is -0.526. The van der Waals surface area contributed by atoms with E-state index in [1.165, 1.54) is 13.2 Å². The molecule has 0 fully saturated rings. The van der Waals surface area contributed by atoms with E-state index in [1.54, 1.807) is 6.07 Å². The number of hydrogen-bond donors (Lipinski definition) is 0. The van der Waals surface area contributed by atoms with Crippen LogP contribution in [0.3, 0.4) is 0 Å². The van der Waals surface area contributed by atoms with Crippen LogP contribution in [-0.4, -0.2) is 12.1 Å². The Kier molecular flexibility index (Phi) is 3.57. The molecule has 1 aromatic heterocycles. The van der Waals surface area contributed by atoms with E-state index in [2.05, 4.69) is 4.98 Å². The zero-order valence-electron chi connectivity index (χ0n) is 7.09. The summed E-state index contributed by atoms with van der Waals surface area (Å²) < 4.78 is 29.9. The van der Waals surface area contributed by atoms with Crippen molar-refractivity contribution in [3.05, 3.63) is 21.0 Å². The minimum atomic E-state index is -2.68. The van der Waals surface area contributed by atoms with Gasteiger partial charge in [-0.25, -0.2) is 13.8 Å². The summed E-state index contributed by atoms with van der Waals surface area (Å²) in [6.45, 7) is 0. The van der Waals surface area contributed by atoms with Gasteiger partial charge < -0.3 is 4.74 Å². The first-order valence-electron chi connectivity index (χ1n) is 3.52. The van der Waals surface area contributed by atoms with Gasteiger partial charge in [0.15, 0.2) is 11.4 Å². The molecule has 0 N–H and O–H groups in total. The van der Waals surface area contributed by atoms with Gasteiger partial charge in [-0.15, -0.1) is 0 Å². The summed E-state index contributed by atoms with van der Waals surface area (Å²) in [6.07, 6.45) is -2.68. The van der Waals surface area contributed by atoms with Crippen LogP contribution in [0.1, 0.15) is 17.8 Å². The van der Waals surface area contributed by atoms with Gasteiger partial charge in [-0.2, -0.15) is 5.26 Å². The Morgan fingerprint density at radius 2 is 2.29 bits per heavy atom. The van der Waals surface area contributed by atoms with Crippen molar-refractivity contribution in [2.24, 2.45) is 0 Å². The van der Waals surface area contributed by atoms with Crippen LogP contribution >= 0.6 is 22.6 Å². The smallest absolute Gasteiger partial charge is 0.280 e. The van der Waals surface area contributed by atoms with Crippen LogP contribution in [0.4, 0.5) is 8.78 Å². The number of halogens is 3. The van der Waals surface area contributed by atoms with Crippen LogP contribution in [-0.2, 0) is 0 Å². The van der Waals surface area contributed by atoms with Gasteiger partial charge in [-0.1, -0.05) is 0 Å². The molecular formula is C8H5F2IN2O. The lowest BCUT2D eigenvalue weighted by Crippen LogP contribution is -1.99. The molecule has 0 unspecified atom stereocenters. The molecule has 1 aromatic rings. The summed E-state index contributed by atoms with van der Waals surface area (Å²) >= 11 is 1.82. The number of methoxy groups -OCH3 is 1. The molecule has 0 aliphatic rings. The van der Waals surface area contributed by atoms with Gasteiger partial charge >= 0.3 is 0 Å². The SMILES string of the molecule is COc1c(I)cc(C(F)F)nc1C#N. The summed E-state index contributed by atoms with van der Waals surface area (Å²) in [4.78, 5) is 3.48. The molecule has 0 radical (unpaired) electrons. The number of pyridine rings is 1. The molecule has 14 heavy (non-hydrogen) atoms. The summed E-state index contributed by atoms with van der Waals surface area (Å²) in [5, 5.41) is 8.64. The van der Waals surface area contributed by atoms with E-state index in [4.69, 9.17) is 10.00 Å². The molecule has 3 nitrogen and oxygen atoms in total. The number of rotatable bonds is 2. The van der Waals surface area contributed by atoms with Gasteiger partial charge in [0.1, 0.15) is 11.8 Å². The van der Waals surface area contributed by atoms with Gasteiger partial charge in [0.25, 0.3) is 6.43 Å². The van der Waals surface area contributed by atoms with E-state index in [1.807, 2.05) is 22.6 Å². The number of hydrogen-bond acceptors (Lipinski definition) is 3. The summed E-state index contributed by atoms with van der Waals surface area (Å²) in [5.74, 6) is 0.234. The van der Waals surface area contributed by atoms with Crippen molar-refractivity contribution in [1.82, 2.24) is 4.98 Å². The van der Waals surface area contributed by atoms with Crippen LogP contribution in [0.25, 0.3) is 0 Å². The quantitative estimate of drug-likeness (QED) is 0.789. The van der Waals surface area contributed by atoms with Crippen molar-refractivity contribution in [3.63, 3.8) is 0 Å². The molecule has 1 rings (SSSR count). The van der Waals surface area contributed by atoms with Crippen molar-refractivity contribution in [2.75, 3.05) is 7.11 Å². The van der Waals surface area contributed by atoms with Gasteiger partial charge in [0.05, 0.1) is 10.7 Å². The first kappa shape index (κ1) is 11.1. The Bertz CT molecular complexity index is 390. The summed E-state index contributed by atoms with van der Waals surface area (Å²) in [6, 6.07) is 2.91. The second kappa shape index (κ2) is 4.50. The number of nitrogens with zero attached hydrogens (tertiary/aromatic N) is 2. The molecule has 0 spiro atoms. The Labute approximate surface area is 92.8 Å². The fourth-order valence-corrected chi connectivity index (χ4v) is 1.70. The largest absolute Gasteiger partial charge is 0.493 e. The van der Waals surface area contributed by atoms with Crippen molar-refractivity contribution >= 4 is 22.6 Å². The number of alkyl halides is 2. The lowest BCUT2D eigenvalue weighted by atomic mass is 10.3. The Balaban J connectivity index is 3.33. The maximum Gasteiger partial charge on any atom is 0.280 e. The molecule has 0 atom stereocenters. The van der Waals surface area contributed by atoms with Crippen LogP contribution in [0.5, 0.6) is 5.75 Å². The molecule has 0 aromatic carbocycles. The van der Waals surface area contributed by atoms with Gasteiger partial charge in [0, 0.05) is 0 Å². The van der Waals surface area contributed by atoms with Crippen LogP contribution in [0, 0.1) is 14.9 Å². The normalized spacial score (nSPS) is 10.0. The van der Waals surface area contributed by atoms with E-state index in [0.29, 0.717) is 3.57 Å². The van der Waals surface area contributed by atoms with Gasteiger partial charge in [-0.05, 0) is 28.7 Å². The van der Waals surface area contributed by atoms with Crippen LogP contribution < -0.4 is 4.74 Å². The maximum absolute atomic E-state index is 12.3. The van der Waals surface area contributed by atoms with E-state index in [0.717, 1.165) is 0 Å². The molecule has 74 valence electrons. The predicted molar refractivity (Wildman–Crippen MR) is 53.2 cm³/mol. The van der Waals surface area contributed by atoms with Gasteiger partial charge in [-0.3, -0.25) is 0 Å². The fourth-order valence-electron chi connectivity index (χ4n) is 0.902. The fraction of sp³-hybridized carbons (Fsp3) is 0.250. The number of ether oxygens (including phenoxy) is 1. The molecule has 0 aliphatic heterocycles.